The van der Waals surface area contributed by atoms with Crippen LogP contribution in [-0.2, 0) is 0 Å². The van der Waals surface area contributed by atoms with E-state index in [0.717, 1.165) is 12.1 Å². The molecule has 0 heterocycles. The molecule has 1 aromatic carbocycles. The van der Waals surface area contributed by atoms with Crippen molar-refractivity contribution >= 4 is 5.97 Å². The van der Waals surface area contributed by atoms with Gasteiger partial charge in [-0.25, -0.2) is 0 Å². The second kappa shape index (κ2) is 2.49. The van der Waals surface area contributed by atoms with Crippen LogP contribution >= 0.6 is 0 Å². The highest BCUT2D eigenvalue weighted by Crippen LogP contribution is 2.21. The predicted molar refractivity (Wildman–Crippen MR) is 37.7 cm³/mol. The van der Waals surface area contributed by atoms with Crippen molar-refractivity contribution in [2.24, 2.45) is 0 Å². The molecular formula is C7H7O4+. The summed E-state index contributed by atoms with van der Waals surface area (Å²) in [6, 6.07) is 3.45. The molecule has 0 bridgehead atoms. The minimum Gasteiger partial charge on any atom is -0.561 e. The van der Waals surface area contributed by atoms with Crippen molar-refractivity contribution in [3.63, 3.8) is 0 Å². The standard InChI is InChI=1S/C7H6O4/c8-4-1-2-6(9)5(3-4)7(10)11/h1-3,8-9H,(H,10,11)/p+1. The van der Waals surface area contributed by atoms with E-state index in [4.69, 9.17) is 15.3 Å². The fourth-order valence-corrected chi connectivity index (χ4v) is 0.706. The van der Waals surface area contributed by atoms with E-state index in [1.54, 1.807) is 0 Å². The molecule has 0 unspecified atom stereocenters. The molecule has 0 aromatic heterocycles. The summed E-state index contributed by atoms with van der Waals surface area (Å²) in [6.07, 6.45) is 0. The molecular weight excluding hydrogens is 148 g/mol. The third-order valence-corrected chi connectivity index (χ3v) is 1.22. The van der Waals surface area contributed by atoms with Crippen LogP contribution in [0.25, 0.3) is 0 Å². The molecule has 0 aliphatic rings. The lowest BCUT2D eigenvalue weighted by atomic mass is 10.2. The van der Waals surface area contributed by atoms with Gasteiger partial charge in [-0.15, -0.1) is 0 Å². The lowest BCUT2D eigenvalue weighted by Gasteiger charge is -1.94. The van der Waals surface area contributed by atoms with Crippen molar-refractivity contribution in [2.45, 2.75) is 0 Å². The largest absolute Gasteiger partial charge is 0.561 e. The molecule has 0 radical (unpaired) electrons. The zero-order valence-corrected chi connectivity index (χ0v) is 5.53. The first-order chi connectivity index (χ1) is 5.11. The van der Waals surface area contributed by atoms with E-state index in [2.05, 4.69) is 0 Å². The average Bonchev–Trinajstić information content (AvgIpc) is 1.94. The summed E-state index contributed by atoms with van der Waals surface area (Å²) in [4.78, 5) is 10.4. The highest BCUT2D eigenvalue weighted by atomic mass is 16.4. The van der Waals surface area contributed by atoms with Crippen LogP contribution in [0.1, 0.15) is 10.4 Å². The lowest BCUT2D eigenvalue weighted by Crippen LogP contribution is -1.95. The summed E-state index contributed by atoms with van der Waals surface area (Å²) in [6.45, 7) is 0. The van der Waals surface area contributed by atoms with Gasteiger partial charge < -0.3 is 15.3 Å². The Morgan fingerprint density at radius 1 is 1.36 bits per heavy atom. The van der Waals surface area contributed by atoms with Crippen LogP contribution < -0.4 is 0 Å². The third kappa shape index (κ3) is 1.40. The van der Waals surface area contributed by atoms with E-state index in [-0.39, 0.29) is 17.1 Å². The monoisotopic (exact) mass is 155 g/mol. The molecule has 0 aliphatic carbocycles. The number of rotatable bonds is 1. The van der Waals surface area contributed by atoms with Crippen LogP contribution in [0.3, 0.4) is 0 Å². The molecule has 58 valence electrons. The number of aromatic hydroxyl groups is 2. The highest BCUT2D eigenvalue weighted by molar-refractivity contribution is 5.91. The maximum atomic E-state index is 10.4. The first kappa shape index (κ1) is 7.40. The lowest BCUT2D eigenvalue weighted by molar-refractivity contribution is 0.0693. The Hall–Kier alpha value is -1.71. The molecule has 0 spiro atoms. The molecule has 4 N–H and O–H groups in total. The molecule has 0 fully saturated rings. The Bertz CT molecular complexity index is 292. The maximum Gasteiger partial charge on any atom is 0.553 e. The van der Waals surface area contributed by atoms with E-state index >= 15 is 0 Å². The van der Waals surface area contributed by atoms with Gasteiger partial charge in [-0.1, -0.05) is 0 Å². The third-order valence-electron chi connectivity index (χ3n) is 1.22. The molecule has 4 nitrogen and oxygen atoms in total. The first-order valence-corrected chi connectivity index (χ1v) is 2.89. The molecule has 4 heteroatoms. The zero-order valence-electron chi connectivity index (χ0n) is 5.53. The number of hydrogen-bond donors (Lipinski definition) is 2. The van der Waals surface area contributed by atoms with Crippen molar-refractivity contribution in [2.75, 3.05) is 0 Å². The number of phenolic OH excluding ortho intramolecular Hbond substituents is 2. The van der Waals surface area contributed by atoms with E-state index < -0.39 is 5.97 Å². The Balaban J connectivity index is 3.23. The summed E-state index contributed by atoms with van der Waals surface area (Å²) in [5.74, 6) is -1.44. The smallest absolute Gasteiger partial charge is 0.553 e. The van der Waals surface area contributed by atoms with Crippen molar-refractivity contribution in [1.29, 1.82) is 0 Å². The minimum absolute atomic E-state index is 0.140. The van der Waals surface area contributed by atoms with Crippen molar-refractivity contribution in [3.05, 3.63) is 23.8 Å². The Kier molecular flexibility index (Phi) is 1.68. The maximum absolute atomic E-state index is 10.4. The van der Waals surface area contributed by atoms with Gasteiger partial charge in [0.25, 0.3) is 0 Å². The molecule has 11 heavy (non-hydrogen) atoms. The zero-order chi connectivity index (χ0) is 8.43. The molecule has 1 rings (SSSR count). The molecule has 0 atom stereocenters. The van der Waals surface area contributed by atoms with Gasteiger partial charge >= 0.3 is 5.97 Å². The normalized spacial score (nSPS) is 9.45. The number of benzene rings is 1. The van der Waals surface area contributed by atoms with E-state index in [0.29, 0.717) is 0 Å². The highest BCUT2D eigenvalue weighted by Gasteiger charge is 2.16. The topological polar surface area (TPSA) is 80.4 Å². The van der Waals surface area contributed by atoms with Crippen LogP contribution in [0, 0.1) is 0 Å². The number of carbonyl (C=O) groups is 1. The van der Waals surface area contributed by atoms with Crippen LogP contribution in [0.2, 0.25) is 0 Å². The Labute approximate surface area is 62.3 Å². The van der Waals surface area contributed by atoms with E-state index in [9.17, 15) is 4.79 Å². The van der Waals surface area contributed by atoms with Crippen LogP contribution in [0.4, 0.5) is 0 Å². The average molecular weight is 155 g/mol. The van der Waals surface area contributed by atoms with E-state index in [1.165, 1.54) is 6.07 Å². The van der Waals surface area contributed by atoms with Gasteiger partial charge in [0, 0.05) is 10.9 Å². The summed E-state index contributed by atoms with van der Waals surface area (Å²) < 4.78 is 0. The van der Waals surface area contributed by atoms with Crippen LogP contribution in [0.15, 0.2) is 18.2 Å². The number of phenols is 2. The van der Waals surface area contributed by atoms with Gasteiger partial charge in [-0.3, -0.25) is 0 Å². The van der Waals surface area contributed by atoms with Crippen molar-refractivity contribution in [1.82, 2.24) is 0 Å². The van der Waals surface area contributed by atoms with Crippen LogP contribution in [0.5, 0.6) is 11.5 Å². The molecule has 0 aliphatic heterocycles. The van der Waals surface area contributed by atoms with Gasteiger partial charge in [0.05, 0.1) is 0 Å². The van der Waals surface area contributed by atoms with Crippen LogP contribution in [-0.4, -0.2) is 21.3 Å². The fraction of sp³-hybridized carbons (Fsp3) is 0. The summed E-state index contributed by atoms with van der Waals surface area (Å²) in [5, 5.41) is 24.4. The van der Waals surface area contributed by atoms with E-state index in [1.807, 2.05) is 0 Å². The van der Waals surface area contributed by atoms with Gasteiger partial charge in [0.2, 0.25) is 0 Å². The van der Waals surface area contributed by atoms with Gasteiger partial charge in [-0.2, -0.15) is 0 Å². The second-order valence-corrected chi connectivity index (χ2v) is 2.03. The fourth-order valence-electron chi connectivity index (χ4n) is 0.706. The van der Waals surface area contributed by atoms with Crippen molar-refractivity contribution in [3.8, 4) is 11.5 Å². The minimum atomic E-state index is -1.02. The molecule has 1 aromatic rings. The molecule has 0 saturated heterocycles. The number of hydrogen-bond acceptors (Lipinski definition) is 3. The quantitative estimate of drug-likeness (QED) is 0.441. The Morgan fingerprint density at radius 2 is 2.00 bits per heavy atom. The first-order valence-electron chi connectivity index (χ1n) is 2.89. The van der Waals surface area contributed by atoms with Gasteiger partial charge in [-0.05, 0) is 12.1 Å². The molecule has 0 saturated carbocycles. The molecule has 0 amide bonds. The SMILES string of the molecule is O=C([OH2+])c1cc(O)ccc1O. The van der Waals surface area contributed by atoms with Gasteiger partial charge in [0.15, 0.2) is 5.56 Å². The second-order valence-electron chi connectivity index (χ2n) is 2.03. The number of carbonyl (C=O) groups excluding carboxylic acids is 1. The summed E-state index contributed by atoms with van der Waals surface area (Å²) in [7, 11) is 0. The van der Waals surface area contributed by atoms with Gasteiger partial charge in [0.1, 0.15) is 11.5 Å². The van der Waals surface area contributed by atoms with Crippen molar-refractivity contribution < 1.29 is 20.1 Å². The predicted octanol–water partition coefficient (Wildman–Crippen LogP) is -0.0374. The Morgan fingerprint density at radius 3 is 2.45 bits per heavy atom. The summed E-state index contributed by atoms with van der Waals surface area (Å²) >= 11 is 0. The summed E-state index contributed by atoms with van der Waals surface area (Å²) in [5.41, 5.74) is -0.190.